The van der Waals surface area contributed by atoms with Crippen LogP contribution in [0.3, 0.4) is 0 Å². The van der Waals surface area contributed by atoms with Crippen LogP contribution in [-0.4, -0.2) is 43.9 Å². The summed E-state index contributed by atoms with van der Waals surface area (Å²) in [6.07, 6.45) is 1.61. The average molecular weight is 353 g/mol. The molecule has 2 N–H and O–H groups in total. The van der Waals surface area contributed by atoms with Gasteiger partial charge in [-0.1, -0.05) is 0 Å². The van der Waals surface area contributed by atoms with Crippen LogP contribution in [0.15, 0.2) is 29.2 Å². The molecule has 0 aromatic heterocycles. The normalized spacial score (nSPS) is 17.7. The lowest BCUT2D eigenvalue weighted by Crippen LogP contribution is -2.50. The van der Waals surface area contributed by atoms with Crippen LogP contribution in [-0.2, 0) is 14.8 Å². The Morgan fingerprint density at radius 2 is 1.67 bits per heavy atom. The van der Waals surface area contributed by atoms with Gasteiger partial charge in [0.1, 0.15) is 0 Å². The van der Waals surface area contributed by atoms with E-state index in [0.29, 0.717) is 5.69 Å². The maximum absolute atomic E-state index is 12.5. The van der Waals surface area contributed by atoms with Crippen molar-refractivity contribution in [1.82, 2.24) is 9.62 Å². The van der Waals surface area contributed by atoms with Crippen LogP contribution < -0.4 is 10.0 Å². The Bertz CT molecular complexity index is 670. The van der Waals surface area contributed by atoms with Crippen molar-refractivity contribution in [3.63, 3.8) is 0 Å². The lowest BCUT2D eigenvalue weighted by molar-refractivity contribution is -0.114. The fraction of sp³-hybridized carbons (Fsp3) is 0.588. The number of amides is 1. The molecule has 0 saturated carbocycles. The van der Waals surface area contributed by atoms with E-state index in [1.54, 1.807) is 12.1 Å². The Morgan fingerprint density at radius 3 is 2.12 bits per heavy atom. The molecule has 2 rings (SSSR count). The highest BCUT2D eigenvalue weighted by atomic mass is 32.2. The zero-order valence-corrected chi connectivity index (χ0v) is 15.6. The summed E-state index contributed by atoms with van der Waals surface area (Å²) in [5.74, 6) is -0.186. The fourth-order valence-electron chi connectivity index (χ4n) is 2.88. The van der Waals surface area contributed by atoms with E-state index < -0.39 is 10.0 Å². The second kappa shape index (κ2) is 7.21. The summed E-state index contributed by atoms with van der Waals surface area (Å²) in [6.45, 7) is 9.71. The van der Waals surface area contributed by atoms with E-state index in [4.69, 9.17) is 0 Å². The monoisotopic (exact) mass is 353 g/mol. The summed E-state index contributed by atoms with van der Waals surface area (Å²) in [5, 5.41) is 2.62. The number of rotatable bonds is 4. The number of carbonyl (C=O) groups excluding carboxylic acids is 1. The molecule has 1 aliphatic heterocycles. The molecule has 1 amide bonds. The highest BCUT2D eigenvalue weighted by Gasteiger charge is 2.29. The van der Waals surface area contributed by atoms with Crippen molar-refractivity contribution < 1.29 is 13.2 Å². The second-order valence-corrected chi connectivity index (χ2v) is 8.97. The van der Waals surface area contributed by atoms with Crippen LogP contribution in [0.1, 0.15) is 40.5 Å². The molecule has 1 aromatic carbocycles. The molecule has 7 heteroatoms. The van der Waals surface area contributed by atoms with Crippen LogP contribution in [0.25, 0.3) is 0 Å². The van der Waals surface area contributed by atoms with E-state index in [2.05, 4.69) is 35.7 Å². The molecule has 0 bridgehead atoms. The number of hydrogen-bond donors (Lipinski definition) is 2. The molecule has 0 atom stereocenters. The second-order valence-electron chi connectivity index (χ2n) is 7.26. The number of nitrogens with zero attached hydrogens (tertiary/aromatic N) is 1. The Hall–Kier alpha value is -1.44. The molecule has 24 heavy (non-hydrogen) atoms. The van der Waals surface area contributed by atoms with Gasteiger partial charge in [-0.2, -0.15) is 0 Å². The topological polar surface area (TPSA) is 78.5 Å². The summed E-state index contributed by atoms with van der Waals surface area (Å²) >= 11 is 0. The van der Waals surface area contributed by atoms with Crippen LogP contribution in [0.5, 0.6) is 0 Å². The van der Waals surface area contributed by atoms with Crippen molar-refractivity contribution in [1.29, 1.82) is 0 Å². The minimum absolute atomic E-state index is 0.0383. The Kier molecular flexibility index (Phi) is 5.67. The minimum atomic E-state index is -3.54. The number of anilines is 1. The predicted molar refractivity (Wildman–Crippen MR) is 95.4 cm³/mol. The van der Waals surface area contributed by atoms with Gasteiger partial charge in [0, 0.05) is 37.3 Å². The SMILES string of the molecule is CC(=O)Nc1ccc(S(=O)(=O)NC2CCN(C(C)(C)C)CC2)cc1. The van der Waals surface area contributed by atoms with Gasteiger partial charge in [0.2, 0.25) is 15.9 Å². The minimum Gasteiger partial charge on any atom is -0.326 e. The molecular weight excluding hydrogens is 326 g/mol. The van der Waals surface area contributed by atoms with E-state index >= 15 is 0 Å². The van der Waals surface area contributed by atoms with Gasteiger partial charge in [0.25, 0.3) is 0 Å². The molecule has 0 spiro atoms. The van der Waals surface area contributed by atoms with Gasteiger partial charge in [-0.25, -0.2) is 13.1 Å². The van der Waals surface area contributed by atoms with Gasteiger partial charge in [-0.3, -0.25) is 9.69 Å². The lowest BCUT2D eigenvalue weighted by atomic mass is 9.99. The van der Waals surface area contributed by atoms with Crippen molar-refractivity contribution in [2.24, 2.45) is 0 Å². The number of benzene rings is 1. The molecule has 1 aromatic rings. The summed E-state index contributed by atoms with van der Waals surface area (Å²) in [7, 11) is -3.54. The molecule has 1 fully saturated rings. The van der Waals surface area contributed by atoms with E-state index in [1.165, 1.54) is 19.1 Å². The summed E-state index contributed by atoms with van der Waals surface area (Å²) in [4.78, 5) is 13.6. The maximum Gasteiger partial charge on any atom is 0.240 e. The first kappa shape index (κ1) is 18.9. The molecule has 1 heterocycles. The summed E-state index contributed by atoms with van der Waals surface area (Å²) in [5.41, 5.74) is 0.698. The average Bonchev–Trinajstić information content (AvgIpc) is 2.46. The lowest BCUT2D eigenvalue weighted by Gasteiger charge is -2.40. The molecule has 0 radical (unpaired) electrons. The molecule has 0 aliphatic carbocycles. The van der Waals surface area contributed by atoms with Gasteiger partial charge < -0.3 is 5.32 Å². The van der Waals surface area contributed by atoms with E-state index in [9.17, 15) is 13.2 Å². The van der Waals surface area contributed by atoms with Gasteiger partial charge in [0.15, 0.2) is 0 Å². The van der Waals surface area contributed by atoms with Crippen molar-refractivity contribution in [2.45, 2.75) is 57.0 Å². The van der Waals surface area contributed by atoms with Gasteiger partial charge in [-0.15, -0.1) is 0 Å². The largest absolute Gasteiger partial charge is 0.326 e. The number of hydrogen-bond acceptors (Lipinski definition) is 4. The highest BCUT2D eigenvalue weighted by Crippen LogP contribution is 2.22. The first-order valence-electron chi connectivity index (χ1n) is 8.23. The highest BCUT2D eigenvalue weighted by molar-refractivity contribution is 7.89. The smallest absolute Gasteiger partial charge is 0.240 e. The summed E-state index contributed by atoms with van der Waals surface area (Å²) in [6, 6.07) is 6.18. The standard InChI is InChI=1S/C17H27N3O3S/c1-13(21)18-14-5-7-16(8-6-14)24(22,23)19-15-9-11-20(12-10-15)17(2,3)4/h5-8,15,19H,9-12H2,1-4H3,(H,18,21). The fourth-order valence-corrected chi connectivity index (χ4v) is 4.18. The summed E-state index contributed by atoms with van der Waals surface area (Å²) < 4.78 is 27.8. The quantitative estimate of drug-likeness (QED) is 0.870. The third kappa shape index (κ3) is 5.03. The van der Waals surface area contributed by atoms with E-state index in [1.807, 2.05) is 0 Å². The van der Waals surface area contributed by atoms with Gasteiger partial charge >= 0.3 is 0 Å². The molecular formula is C17H27N3O3S. The number of nitrogens with one attached hydrogen (secondary N) is 2. The van der Waals surface area contributed by atoms with Gasteiger partial charge in [0.05, 0.1) is 4.90 Å². The van der Waals surface area contributed by atoms with Crippen LogP contribution in [0, 0.1) is 0 Å². The number of likely N-dealkylation sites (tertiary alicyclic amines) is 1. The van der Waals surface area contributed by atoms with E-state index in [-0.39, 0.29) is 22.4 Å². The van der Waals surface area contributed by atoms with Crippen LogP contribution in [0.4, 0.5) is 5.69 Å². The molecule has 0 unspecified atom stereocenters. The number of carbonyl (C=O) groups is 1. The molecule has 134 valence electrons. The third-order valence-corrected chi connectivity index (χ3v) is 5.79. The molecule has 1 saturated heterocycles. The van der Waals surface area contributed by atoms with Crippen molar-refractivity contribution in [2.75, 3.05) is 18.4 Å². The molecule has 6 nitrogen and oxygen atoms in total. The third-order valence-electron chi connectivity index (χ3n) is 4.25. The zero-order valence-electron chi connectivity index (χ0n) is 14.8. The Morgan fingerprint density at radius 1 is 1.12 bits per heavy atom. The van der Waals surface area contributed by atoms with Crippen molar-refractivity contribution in [3.8, 4) is 0 Å². The van der Waals surface area contributed by atoms with Gasteiger partial charge in [-0.05, 0) is 57.9 Å². The first-order chi connectivity index (χ1) is 11.1. The van der Waals surface area contributed by atoms with E-state index in [0.717, 1.165) is 25.9 Å². The Balaban J connectivity index is 1.98. The van der Waals surface area contributed by atoms with Crippen molar-refractivity contribution >= 4 is 21.6 Å². The number of piperidine rings is 1. The van der Waals surface area contributed by atoms with Crippen LogP contribution >= 0.6 is 0 Å². The number of sulfonamides is 1. The van der Waals surface area contributed by atoms with Crippen molar-refractivity contribution in [3.05, 3.63) is 24.3 Å². The zero-order chi connectivity index (χ0) is 18.0. The predicted octanol–water partition coefficient (Wildman–Crippen LogP) is 2.19. The Labute approximate surface area is 144 Å². The van der Waals surface area contributed by atoms with Crippen LogP contribution in [0.2, 0.25) is 0 Å². The molecule has 1 aliphatic rings. The first-order valence-corrected chi connectivity index (χ1v) is 9.71. The maximum atomic E-state index is 12.5.